The van der Waals surface area contributed by atoms with Crippen LogP contribution >= 0.6 is 14.9 Å². The number of unbranched alkanes of at least 4 members (excludes halogenated alkanes) is 2. The van der Waals surface area contributed by atoms with Gasteiger partial charge in [0.05, 0.1) is 0 Å². The third-order valence-electron chi connectivity index (χ3n) is 8.68. The van der Waals surface area contributed by atoms with E-state index in [1.807, 2.05) is 0 Å². The molecule has 0 unspecified atom stereocenters. The van der Waals surface area contributed by atoms with Gasteiger partial charge in [-0.3, -0.25) is 9.13 Å². The van der Waals surface area contributed by atoms with E-state index in [0.717, 1.165) is 31.6 Å². The molecule has 2 heterocycles. The summed E-state index contributed by atoms with van der Waals surface area (Å²) >= 11 is 0. The Morgan fingerprint density at radius 2 is 0.828 bits per heavy atom. The van der Waals surface area contributed by atoms with Gasteiger partial charge >= 0.3 is 0 Å². The van der Waals surface area contributed by atoms with Gasteiger partial charge in [-0.05, 0) is 66.7 Å². The first kappa shape index (κ1) is 22.5. The second-order valence-electron chi connectivity index (χ2n) is 9.97. The second-order valence-corrected chi connectivity index (χ2v) is 16.0. The average Bonchev–Trinajstić information content (AvgIpc) is 3.05. The van der Waals surface area contributed by atoms with Gasteiger partial charge in [0.2, 0.25) is 14.9 Å². The van der Waals surface area contributed by atoms with Crippen LogP contribution in [0.2, 0.25) is 0 Å². The fourth-order valence-electron chi connectivity index (χ4n) is 6.74. The minimum atomic E-state index is -2.41. The number of nitrogens with zero attached hydrogens (tertiary/aromatic N) is 4. The van der Waals surface area contributed by atoms with Crippen LogP contribution in [0.25, 0.3) is 0 Å². The minimum absolute atomic E-state index is 0.486. The molecule has 2 saturated heterocycles. The molecule has 2 aliphatic carbocycles. The van der Waals surface area contributed by atoms with E-state index < -0.39 is 14.9 Å². The molecule has 29 heavy (non-hydrogen) atoms. The first-order chi connectivity index (χ1) is 13.8. The third kappa shape index (κ3) is 3.74. The molecule has 6 nitrogen and oxygen atoms in total. The number of rotatable bonds is 6. The molecule has 0 amide bonds. The molecule has 4 aliphatic rings. The molecular formula is C21H42N4O2P2. The van der Waals surface area contributed by atoms with Crippen molar-refractivity contribution in [3.8, 4) is 0 Å². The Kier molecular flexibility index (Phi) is 6.73. The third-order valence-corrected chi connectivity index (χ3v) is 15.6. The fourth-order valence-corrected chi connectivity index (χ4v) is 13.1. The highest BCUT2D eigenvalue weighted by molar-refractivity contribution is 7.59. The molecule has 2 aliphatic heterocycles. The van der Waals surface area contributed by atoms with Crippen molar-refractivity contribution >= 4 is 14.9 Å². The molecule has 2 saturated carbocycles. The SMILES string of the molecule is CN1[C@@H]2CCCC[C@H]2N(C)P1(=O)CCCCCP1(=O)N(C)[C@@H]2CCCC[C@H]2N1C. The van der Waals surface area contributed by atoms with Crippen molar-refractivity contribution in [2.24, 2.45) is 0 Å². The molecule has 0 aromatic heterocycles. The van der Waals surface area contributed by atoms with Gasteiger partial charge in [0.1, 0.15) is 0 Å². The van der Waals surface area contributed by atoms with Crippen LogP contribution in [0.4, 0.5) is 0 Å². The van der Waals surface area contributed by atoms with Gasteiger partial charge in [0.15, 0.2) is 0 Å². The van der Waals surface area contributed by atoms with Crippen molar-refractivity contribution < 1.29 is 9.13 Å². The van der Waals surface area contributed by atoms with Crippen molar-refractivity contribution in [2.75, 3.05) is 40.5 Å². The number of likely N-dealkylation sites (N-methyl/N-ethyl adjacent to an activating group) is 4. The quantitative estimate of drug-likeness (QED) is 0.428. The summed E-state index contributed by atoms with van der Waals surface area (Å²) in [5.74, 6) is 0. The van der Waals surface area contributed by atoms with E-state index in [1.54, 1.807) is 0 Å². The highest BCUT2D eigenvalue weighted by atomic mass is 31.2. The van der Waals surface area contributed by atoms with E-state index >= 15 is 0 Å². The molecule has 4 atom stereocenters. The minimum Gasteiger partial charge on any atom is -0.289 e. The summed E-state index contributed by atoms with van der Waals surface area (Å²) in [7, 11) is 3.55. The first-order valence-corrected chi connectivity index (χ1v) is 15.5. The van der Waals surface area contributed by atoms with Crippen molar-refractivity contribution in [2.45, 2.75) is 94.8 Å². The molecule has 168 valence electrons. The van der Waals surface area contributed by atoms with Gasteiger partial charge in [-0.1, -0.05) is 32.1 Å². The molecule has 8 heteroatoms. The molecular weight excluding hydrogens is 402 g/mol. The zero-order valence-electron chi connectivity index (χ0n) is 19.0. The van der Waals surface area contributed by atoms with Crippen molar-refractivity contribution in [1.82, 2.24) is 18.7 Å². The van der Waals surface area contributed by atoms with Crippen molar-refractivity contribution in [3.63, 3.8) is 0 Å². The Labute approximate surface area is 178 Å². The summed E-state index contributed by atoms with van der Waals surface area (Å²) in [6.45, 7) is 0. The predicted octanol–water partition coefficient (Wildman–Crippen LogP) is 4.92. The molecule has 0 aromatic carbocycles. The molecule has 0 radical (unpaired) electrons. The zero-order valence-corrected chi connectivity index (χ0v) is 20.8. The van der Waals surface area contributed by atoms with Crippen LogP contribution < -0.4 is 0 Å². The van der Waals surface area contributed by atoms with Gasteiger partial charge in [-0.2, -0.15) is 0 Å². The van der Waals surface area contributed by atoms with Gasteiger partial charge in [-0.25, -0.2) is 18.7 Å². The lowest BCUT2D eigenvalue weighted by atomic mass is 9.91. The summed E-state index contributed by atoms with van der Waals surface area (Å²) in [6.07, 6.45) is 14.4. The molecule has 0 aromatic rings. The van der Waals surface area contributed by atoms with Crippen LogP contribution in [-0.4, -0.2) is 83.4 Å². The summed E-state index contributed by atoms with van der Waals surface area (Å²) in [6, 6.07) is 1.94. The van der Waals surface area contributed by atoms with E-state index in [0.29, 0.717) is 24.2 Å². The summed E-state index contributed by atoms with van der Waals surface area (Å²) in [5.41, 5.74) is 0. The highest BCUT2D eigenvalue weighted by Crippen LogP contribution is 2.63. The molecule has 0 bridgehead atoms. The number of fused-ring (bicyclic) bond motifs is 2. The van der Waals surface area contributed by atoms with E-state index in [4.69, 9.17) is 0 Å². The van der Waals surface area contributed by atoms with Crippen LogP contribution in [0.5, 0.6) is 0 Å². The number of hydrogen-bond donors (Lipinski definition) is 0. The van der Waals surface area contributed by atoms with Crippen molar-refractivity contribution in [1.29, 1.82) is 0 Å². The second kappa shape index (κ2) is 8.68. The summed E-state index contributed by atoms with van der Waals surface area (Å²) < 4.78 is 36.5. The Morgan fingerprint density at radius 3 is 1.10 bits per heavy atom. The molecule has 0 spiro atoms. The molecule has 0 N–H and O–H groups in total. The Hall–Kier alpha value is 0.300. The monoisotopic (exact) mass is 444 g/mol. The smallest absolute Gasteiger partial charge is 0.216 e. The van der Waals surface area contributed by atoms with Crippen LogP contribution in [0.3, 0.4) is 0 Å². The topological polar surface area (TPSA) is 47.1 Å². The fraction of sp³-hybridized carbons (Fsp3) is 1.00. The lowest BCUT2D eigenvalue weighted by Gasteiger charge is -2.28. The maximum atomic E-state index is 13.8. The molecule has 4 rings (SSSR count). The average molecular weight is 445 g/mol. The van der Waals surface area contributed by atoms with Crippen LogP contribution in [0.1, 0.15) is 70.6 Å². The van der Waals surface area contributed by atoms with Gasteiger partial charge in [-0.15, -0.1) is 0 Å². The Bertz CT molecular complexity index is 590. The normalized spacial score (nSPS) is 38.2. The first-order valence-electron chi connectivity index (χ1n) is 11.9. The van der Waals surface area contributed by atoms with Gasteiger partial charge in [0, 0.05) is 36.5 Å². The predicted molar refractivity (Wildman–Crippen MR) is 122 cm³/mol. The maximum Gasteiger partial charge on any atom is 0.216 e. The van der Waals surface area contributed by atoms with Crippen molar-refractivity contribution in [3.05, 3.63) is 0 Å². The maximum absolute atomic E-state index is 13.8. The highest BCUT2D eigenvalue weighted by Gasteiger charge is 2.52. The van der Waals surface area contributed by atoms with Crippen LogP contribution in [-0.2, 0) is 9.13 Å². The number of hydrogen-bond acceptors (Lipinski definition) is 2. The van der Waals surface area contributed by atoms with E-state index in [9.17, 15) is 9.13 Å². The van der Waals surface area contributed by atoms with Gasteiger partial charge in [0.25, 0.3) is 0 Å². The van der Waals surface area contributed by atoms with Crippen LogP contribution in [0, 0.1) is 0 Å². The van der Waals surface area contributed by atoms with E-state index in [2.05, 4.69) is 46.9 Å². The lowest BCUT2D eigenvalue weighted by molar-refractivity contribution is 0.233. The Balaban J connectivity index is 1.29. The lowest BCUT2D eigenvalue weighted by Crippen LogP contribution is -2.37. The standard InChI is InChI=1S/C21H42N4O2P2/c1-22-18-12-6-7-13-19(18)23(2)28(22,26)16-10-5-11-17-29(27)24(3)20-14-8-9-15-21(20)25(29)4/h18-21H,5-17H2,1-4H3/t18-,19-,20-,21-/m1/s1. The Morgan fingerprint density at radius 1 is 0.552 bits per heavy atom. The zero-order chi connectivity index (χ0) is 20.8. The summed E-state index contributed by atoms with van der Waals surface area (Å²) in [4.78, 5) is 0. The molecule has 4 fully saturated rings. The van der Waals surface area contributed by atoms with Crippen LogP contribution in [0.15, 0.2) is 0 Å². The van der Waals surface area contributed by atoms with E-state index in [1.165, 1.54) is 51.4 Å². The summed E-state index contributed by atoms with van der Waals surface area (Å²) in [5, 5.41) is 0. The largest absolute Gasteiger partial charge is 0.289 e. The van der Waals surface area contributed by atoms with E-state index in [-0.39, 0.29) is 0 Å². The van der Waals surface area contributed by atoms with Gasteiger partial charge < -0.3 is 0 Å².